The van der Waals surface area contributed by atoms with Crippen molar-refractivity contribution in [1.82, 2.24) is 5.32 Å². The van der Waals surface area contributed by atoms with E-state index in [9.17, 15) is 4.39 Å². The summed E-state index contributed by atoms with van der Waals surface area (Å²) in [5.74, 6) is 0.795. The third kappa shape index (κ3) is 2.05. The van der Waals surface area contributed by atoms with Gasteiger partial charge < -0.3 is 0 Å². The van der Waals surface area contributed by atoms with Gasteiger partial charge in [0.05, 0.1) is 5.37 Å². The average molecular weight is 232 g/mol. The molecule has 0 aliphatic carbocycles. The highest BCUT2D eigenvalue weighted by Crippen LogP contribution is 2.34. The van der Waals surface area contributed by atoms with Gasteiger partial charge in [-0.1, -0.05) is 17.7 Å². The van der Waals surface area contributed by atoms with Crippen LogP contribution in [0, 0.1) is 5.82 Å². The van der Waals surface area contributed by atoms with E-state index in [0.717, 1.165) is 5.75 Å². The molecule has 14 heavy (non-hydrogen) atoms. The van der Waals surface area contributed by atoms with Gasteiger partial charge in [-0.15, -0.1) is 11.8 Å². The summed E-state index contributed by atoms with van der Waals surface area (Å²) in [6.45, 7) is 2.10. The molecule has 1 fully saturated rings. The Bertz CT molecular complexity index is 345. The Kier molecular flexibility index (Phi) is 3.00. The van der Waals surface area contributed by atoms with Crippen LogP contribution in [0.2, 0.25) is 5.02 Å². The molecule has 0 bridgehead atoms. The molecule has 2 atom stereocenters. The number of halogens is 2. The van der Waals surface area contributed by atoms with Gasteiger partial charge in [-0.2, -0.15) is 0 Å². The van der Waals surface area contributed by atoms with Crippen LogP contribution in [0.4, 0.5) is 4.39 Å². The second kappa shape index (κ2) is 4.09. The molecule has 0 saturated carbocycles. The fraction of sp³-hybridized carbons (Fsp3) is 0.400. The maximum absolute atomic E-state index is 13.5. The highest BCUT2D eigenvalue weighted by Gasteiger charge is 2.24. The lowest BCUT2D eigenvalue weighted by molar-refractivity contribution is 0.568. The monoisotopic (exact) mass is 231 g/mol. The van der Waals surface area contributed by atoms with Crippen LogP contribution < -0.4 is 5.32 Å². The summed E-state index contributed by atoms with van der Waals surface area (Å²) in [7, 11) is 0. The van der Waals surface area contributed by atoms with E-state index in [4.69, 9.17) is 11.6 Å². The third-order valence-electron chi connectivity index (χ3n) is 2.19. The van der Waals surface area contributed by atoms with Crippen molar-refractivity contribution in [1.29, 1.82) is 0 Å². The van der Waals surface area contributed by atoms with Crippen molar-refractivity contribution in [2.24, 2.45) is 0 Å². The average Bonchev–Trinajstić information content (AvgIpc) is 2.51. The van der Waals surface area contributed by atoms with Crippen LogP contribution >= 0.6 is 23.4 Å². The Morgan fingerprint density at radius 1 is 1.57 bits per heavy atom. The molecule has 1 N–H and O–H groups in total. The lowest BCUT2D eigenvalue weighted by atomic mass is 10.2. The summed E-state index contributed by atoms with van der Waals surface area (Å²) < 4.78 is 13.5. The number of nitrogens with one attached hydrogen (secondary N) is 1. The summed E-state index contributed by atoms with van der Waals surface area (Å²) in [4.78, 5) is 0. The highest BCUT2D eigenvalue weighted by atomic mass is 35.5. The van der Waals surface area contributed by atoms with Gasteiger partial charge in [0.2, 0.25) is 0 Å². The molecule has 0 amide bonds. The molecule has 1 aromatic carbocycles. The Balaban J connectivity index is 2.24. The quantitative estimate of drug-likeness (QED) is 0.797. The molecular formula is C10H11ClFNS. The van der Waals surface area contributed by atoms with Gasteiger partial charge in [0, 0.05) is 22.4 Å². The topological polar surface area (TPSA) is 12.0 Å². The summed E-state index contributed by atoms with van der Waals surface area (Å²) in [6.07, 6.45) is 0. The second-order valence-electron chi connectivity index (χ2n) is 3.45. The molecule has 0 radical (unpaired) electrons. The van der Waals surface area contributed by atoms with Crippen LogP contribution in [0.3, 0.4) is 0 Å². The molecule has 1 aliphatic heterocycles. The second-order valence-corrected chi connectivity index (χ2v) is 5.02. The molecule has 76 valence electrons. The van der Waals surface area contributed by atoms with Gasteiger partial charge in [0.15, 0.2) is 0 Å². The van der Waals surface area contributed by atoms with Gasteiger partial charge in [-0.05, 0) is 19.1 Å². The molecule has 0 aromatic heterocycles. The van der Waals surface area contributed by atoms with Gasteiger partial charge in [0.1, 0.15) is 5.82 Å². The predicted octanol–water partition coefficient (Wildman–Crippen LogP) is 3.20. The number of thioether (sulfide) groups is 1. The minimum absolute atomic E-state index is 0.0715. The minimum Gasteiger partial charge on any atom is -0.298 e. The zero-order valence-corrected chi connectivity index (χ0v) is 9.33. The first-order valence-electron chi connectivity index (χ1n) is 4.49. The van der Waals surface area contributed by atoms with Crippen molar-refractivity contribution >= 4 is 23.4 Å². The predicted molar refractivity (Wildman–Crippen MR) is 59.2 cm³/mol. The normalized spacial score (nSPS) is 26.8. The molecular weight excluding hydrogens is 221 g/mol. The highest BCUT2D eigenvalue weighted by molar-refractivity contribution is 7.99. The van der Waals surface area contributed by atoms with E-state index in [1.807, 2.05) is 0 Å². The van der Waals surface area contributed by atoms with E-state index in [2.05, 4.69) is 12.2 Å². The van der Waals surface area contributed by atoms with E-state index in [1.165, 1.54) is 6.07 Å². The Morgan fingerprint density at radius 3 is 2.93 bits per heavy atom. The lowest BCUT2D eigenvalue weighted by Crippen LogP contribution is -2.22. The molecule has 1 nitrogen and oxygen atoms in total. The molecule has 1 aliphatic rings. The Morgan fingerprint density at radius 2 is 2.36 bits per heavy atom. The van der Waals surface area contributed by atoms with Crippen LogP contribution in [-0.2, 0) is 0 Å². The lowest BCUT2D eigenvalue weighted by Gasteiger charge is -2.12. The fourth-order valence-electron chi connectivity index (χ4n) is 1.49. The number of benzene rings is 1. The first-order valence-corrected chi connectivity index (χ1v) is 5.92. The minimum atomic E-state index is -0.225. The zero-order chi connectivity index (χ0) is 10.1. The number of hydrogen-bond donors (Lipinski definition) is 1. The van der Waals surface area contributed by atoms with Crippen molar-refractivity contribution in [3.63, 3.8) is 0 Å². The van der Waals surface area contributed by atoms with E-state index in [1.54, 1.807) is 23.9 Å². The zero-order valence-electron chi connectivity index (χ0n) is 7.76. The first-order chi connectivity index (χ1) is 6.66. The molecule has 2 unspecified atom stereocenters. The van der Waals surface area contributed by atoms with Crippen molar-refractivity contribution in [3.8, 4) is 0 Å². The molecule has 4 heteroatoms. The smallest absolute Gasteiger partial charge is 0.130 e. The standard InChI is InChI=1S/C10H11ClFNS/c1-6-5-14-10(13-6)8-3-2-7(11)4-9(8)12/h2-4,6,10,13H,5H2,1H3. The maximum Gasteiger partial charge on any atom is 0.130 e. The summed E-state index contributed by atoms with van der Waals surface area (Å²) in [5.41, 5.74) is 0.698. The van der Waals surface area contributed by atoms with Crippen molar-refractivity contribution in [2.75, 3.05) is 5.75 Å². The Hall–Kier alpha value is -0.250. The van der Waals surface area contributed by atoms with Crippen LogP contribution in [0.25, 0.3) is 0 Å². The summed E-state index contributed by atoms with van der Waals surface area (Å²) in [6, 6.07) is 5.29. The van der Waals surface area contributed by atoms with Gasteiger partial charge in [-0.25, -0.2) is 4.39 Å². The Labute approximate surface area is 92.0 Å². The van der Waals surface area contributed by atoms with E-state index >= 15 is 0 Å². The first kappa shape index (κ1) is 10.3. The van der Waals surface area contributed by atoms with Crippen LogP contribution in [0.15, 0.2) is 18.2 Å². The van der Waals surface area contributed by atoms with Crippen LogP contribution in [0.5, 0.6) is 0 Å². The van der Waals surface area contributed by atoms with E-state index in [-0.39, 0.29) is 11.2 Å². The van der Waals surface area contributed by atoms with E-state index < -0.39 is 0 Å². The molecule has 1 heterocycles. The van der Waals surface area contributed by atoms with Crippen molar-refractivity contribution < 1.29 is 4.39 Å². The fourth-order valence-corrected chi connectivity index (χ4v) is 2.92. The van der Waals surface area contributed by atoms with E-state index in [0.29, 0.717) is 16.6 Å². The molecule has 1 aromatic rings. The van der Waals surface area contributed by atoms with Crippen molar-refractivity contribution in [3.05, 3.63) is 34.6 Å². The maximum atomic E-state index is 13.5. The van der Waals surface area contributed by atoms with Gasteiger partial charge >= 0.3 is 0 Å². The van der Waals surface area contributed by atoms with Gasteiger partial charge in [0.25, 0.3) is 0 Å². The van der Waals surface area contributed by atoms with Crippen LogP contribution in [-0.4, -0.2) is 11.8 Å². The molecule has 2 rings (SSSR count). The largest absolute Gasteiger partial charge is 0.298 e. The van der Waals surface area contributed by atoms with Crippen molar-refractivity contribution in [2.45, 2.75) is 18.3 Å². The molecule has 0 spiro atoms. The third-order valence-corrected chi connectivity index (χ3v) is 3.84. The summed E-state index contributed by atoms with van der Waals surface area (Å²) in [5, 5.41) is 3.83. The number of rotatable bonds is 1. The summed E-state index contributed by atoms with van der Waals surface area (Å²) >= 11 is 7.41. The van der Waals surface area contributed by atoms with Gasteiger partial charge in [-0.3, -0.25) is 5.32 Å². The SMILES string of the molecule is CC1CSC(c2ccc(Cl)cc2F)N1. The van der Waals surface area contributed by atoms with Crippen LogP contribution in [0.1, 0.15) is 17.9 Å². The molecule has 1 saturated heterocycles. The number of hydrogen-bond acceptors (Lipinski definition) is 2.